The molecular formula is C20H24N4O5. The number of nitro groups is 1. The Kier molecular flexibility index (Phi) is 8.58. The zero-order valence-corrected chi connectivity index (χ0v) is 16.1. The van der Waals surface area contributed by atoms with Crippen LogP contribution in [0.2, 0.25) is 0 Å². The maximum Gasteiger partial charge on any atom is 0.293 e. The Morgan fingerprint density at radius 3 is 2.52 bits per heavy atom. The number of hydrogen-bond acceptors (Lipinski definition) is 6. The highest BCUT2D eigenvalue weighted by Crippen LogP contribution is 2.25. The van der Waals surface area contributed by atoms with Crippen molar-refractivity contribution in [2.45, 2.75) is 13.0 Å². The van der Waals surface area contributed by atoms with Gasteiger partial charge in [-0.3, -0.25) is 19.7 Å². The second kappa shape index (κ2) is 11.4. The Bertz CT molecular complexity index is 842. The van der Waals surface area contributed by atoms with Crippen LogP contribution in [-0.2, 0) is 16.1 Å². The molecular weight excluding hydrogens is 376 g/mol. The van der Waals surface area contributed by atoms with E-state index in [9.17, 15) is 19.7 Å². The van der Waals surface area contributed by atoms with Gasteiger partial charge in [-0.15, -0.1) is 0 Å². The van der Waals surface area contributed by atoms with Gasteiger partial charge >= 0.3 is 0 Å². The molecule has 0 unspecified atom stereocenters. The van der Waals surface area contributed by atoms with Crippen LogP contribution < -0.4 is 16.0 Å². The van der Waals surface area contributed by atoms with Gasteiger partial charge in [-0.1, -0.05) is 30.3 Å². The summed E-state index contributed by atoms with van der Waals surface area (Å²) in [7, 11) is 1.53. The summed E-state index contributed by atoms with van der Waals surface area (Å²) in [4.78, 5) is 34.8. The van der Waals surface area contributed by atoms with Gasteiger partial charge < -0.3 is 20.7 Å². The van der Waals surface area contributed by atoms with E-state index in [2.05, 4.69) is 16.0 Å². The molecule has 2 rings (SSSR count). The molecule has 0 heterocycles. The van der Waals surface area contributed by atoms with Gasteiger partial charge in [-0.2, -0.15) is 0 Å². The highest BCUT2D eigenvalue weighted by Gasteiger charge is 2.17. The lowest BCUT2D eigenvalue weighted by molar-refractivity contribution is -0.384. The molecule has 0 saturated carbocycles. The number of anilines is 1. The third-order valence-electron chi connectivity index (χ3n) is 4.05. The number of ether oxygens (including phenoxy) is 1. The summed E-state index contributed by atoms with van der Waals surface area (Å²) in [6.45, 7) is 1.34. The Hall–Kier alpha value is -3.46. The molecule has 2 aromatic carbocycles. The Morgan fingerprint density at radius 2 is 1.83 bits per heavy atom. The van der Waals surface area contributed by atoms with Gasteiger partial charge in [-0.05, 0) is 17.7 Å². The second-order valence-corrected chi connectivity index (χ2v) is 6.18. The molecule has 0 bridgehead atoms. The maximum absolute atomic E-state index is 12.2. The van der Waals surface area contributed by atoms with Crippen molar-refractivity contribution in [3.63, 3.8) is 0 Å². The minimum absolute atomic E-state index is 0.108. The number of carbonyl (C=O) groups excluding carboxylic acids is 2. The van der Waals surface area contributed by atoms with Gasteiger partial charge in [0.2, 0.25) is 5.91 Å². The highest BCUT2D eigenvalue weighted by molar-refractivity contribution is 5.96. The lowest BCUT2D eigenvalue weighted by Gasteiger charge is -2.09. The van der Waals surface area contributed by atoms with Crippen molar-refractivity contribution in [1.29, 1.82) is 0 Å². The number of methoxy groups -OCH3 is 1. The van der Waals surface area contributed by atoms with E-state index in [0.29, 0.717) is 25.4 Å². The molecule has 0 fully saturated rings. The fraction of sp³-hybridized carbons (Fsp3) is 0.300. The molecule has 0 saturated heterocycles. The van der Waals surface area contributed by atoms with Crippen LogP contribution in [0, 0.1) is 10.1 Å². The van der Waals surface area contributed by atoms with E-state index in [1.807, 2.05) is 30.3 Å². The van der Waals surface area contributed by atoms with E-state index in [4.69, 9.17) is 4.74 Å². The summed E-state index contributed by atoms with van der Waals surface area (Å²) in [5, 5.41) is 19.5. The number of nitro benzene ring substituents is 1. The average Bonchev–Trinajstić information content (AvgIpc) is 2.73. The van der Waals surface area contributed by atoms with E-state index in [1.54, 1.807) is 0 Å². The predicted octanol–water partition coefficient (Wildman–Crippen LogP) is 2.09. The van der Waals surface area contributed by atoms with Crippen LogP contribution >= 0.6 is 0 Å². The van der Waals surface area contributed by atoms with Crippen LogP contribution in [0.25, 0.3) is 0 Å². The molecule has 9 heteroatoms. The van der Waals surface area contributed by atoms with Gasteiger partial charge in [-0.25, -0.2) is 0 Å². The normalized spacial score (nSPS) is 10.2. The van der Waals surface area contributed by atoms with Crippen molar-refractivity contribution >= 4 is 23.2 Å². The second-order valence-electron chi connectivity index (χ2n) is 6.18. The third kappa shape index (κ3) is 7.23. The maximum atomic E-state index is 12.2. The summed E-state index contributed by atoms with van der Waals surface area (Å²) in [5.74, 6) is -0.676. The standard InChI is InChI=1S/C20H24N4O5/c1-29-12-11-21-17-8-7-16(13-18(17)24(27)28)20(26)22-10-9-19(25)23-14-15-5-3-2-4-6-15/h2-8,13,21H,9-12,14H2,1H3,(H,22,26)(H,23,25). The zero-order valence-electron chi connectivity index (χ0n) is 16.1. The van der Waals surface area contributed by atoms with Crippen molar-refractivity contribution in [1.82, 2.24) is 10.6 Å². The Balaban J connectivity index is 1.84. The number of amides is 2. The zero-order chi connectivity index (χ0) is 21.1. The van der Waals surface area contributed by atoms with Crippen LogP contribution in [0.5, 0.6) is 0 Å². The van der Waals surface area contributed by atoms with Gasteiger partial charge in [0.15, 0.2) is 0 Å². The van der Waals surface area contributed by atoms with Gasteiger partial charge in [0, 0.05) is 44.8 Å². The number of benzene rings is 2. The first kappa shape index (κ1) is 21.8. The van der Waals surface area contributed by atoms with E-state index in [-0.39, 0.29) is 30.1 Å². The first-order valence-electron chi connectivity index (χ1n) is 9.11. The first-order chi connectivity index (χ1) is 14.0. The molecule has 9 nitrogen and oxygen atoms in total. The smallest absolute Gasteiger partial charge is 0.293 e. The van der Waals surface area contributed by atoms with Crippen molar-refractivity contribution in [2.24, 2.45) is 0 Å². The van der Waals surface area contributed by atoms with Gasteiger partial charge in [0.25, 0.3) is 11.6 Å². The fourth-order valence-electron chi connectivity index (χ4n) is 2.54. The summed E-state index contributed by atoms with van der Waals surface area (Å²) < 4.78 is 4.90. The molecule has 0 aliphatic carbocycles. The average molecular weight is 400 g/mol. The quantitative estimate of drug-likeness (QED) is 0.302. The van der Waals surface area contributed by atoms with Crippen molar-refractivity contribution < 1.29 is 19.2 Å². The number of carbonyl (C=O) groups is 2. The van der Waals surface area contributed by atoms with Crippen molar-refractivity contribution in [3.05, 3.63) is 69.8 Å². The summed E-state index contributed by atoms with van der Waals surface area (Å²) in [6.07, 6.45) is 0.108. The van der Waals surface area contributed by atoms with Gasteiger partial charge in [0.05, 0.1) is 11.5 Å². The summed E-state index contributed by atoms with van der Waals surface area (Å²) >= 11 is 0. The summed E-state index contributed by atoms with van der Waals surface area (Å²) in [6, 6.07) is 13.7. The molecule has 3 N–H and O–H groups in total. The largest absolute Gasteiger partial charge is 0.383 e. The number of nitrogens with one attached hydrogen (secondary N) is 3. The molecule has 0 radical (unpaired) electrons. The minimum Gasteiger partial charge on any atom is -0.383 e. The Morgan fingerprint density at radius 1 is 1.07 bits per heavy atom. The molecule has 0 aliphatic heterocycles. The number of hydrogen-bond donors (Lipinski definition) is 3. The SMILES string of the molecule is COCCNc1ccc(C(=O)NCCC(=O)NCc2ccccc2)cc1[N+](=O)[O-]. The van der Waals surface area contributed by atoms with E-state index in [1.165, 1.54) is 25.3 Å². The lowest BCUT2D eigenvalue weighted by atomic mass is 10.1. The van der Waals surface area contributed by atoms with Crippen LogP contribution in [0.4, 0.5) is 11.4 Å². The van der Waals surface area contributed by atoms with Crippen molar-refractivity contribution in [2.75, 3.05) is 32.1 Å². The van der Waals surface area contributed by atoms with Crippen LogP contribution in [-0.4, -0.2) is 43.5 Å². The molecule has 2 amide bonds. The number of rotatable bonds is 11. The topological polar surface area (TPSA) is 123 Å². The Labute approximate surface area is 168 Å². The lowest BCUT2D eigenvalue weighted by Crippen LogP contribution is -2.30. The third-order valence-corrected chi connectivity index (χ3v) is 4.05. The van der Waals surface area contributed by atoms with Crippen molar-refractivity contribution in [3.8, 4) is 0 Å². The van der Waals surface area contributed by atoms with Crippen LogP contribution in [0.1, 0.15) is 22.3 Å². The molecule has 154 valence electrons. The number of nitrogens with zero attached hydrogens (tertiary/aromatic N) is 1. The highest BCUT2D eigenvalue weighted by atomic mass is 16.6. The predicted molar refractivity (Wildman–Crippen MR) is 109 cm³/mol. The molecule has 2 aromatic rings. The van der Waals surface area contributed by atoms with Gasteiger partial charge in [0.1, 0.15) is 5.69 Å². The molecule has 0 aliphatic rings. The molecule has 0 atom stereocenters. The van der Waals surface area contributed by atoms with Crippen LogP contribution in [0.3, 0.4) is 0 Å². The van der Waals surface area contributed by atoms with E-state index < -0.39 is 10.8 Å². The monoisotopic (exact) mass is 400 g/mol. The fourth-order valence-corrected chi connectivity index (χ4v) is 2.54. The molecule has 0 aromatic heterocycles. The first-order valence-corrected chi connectivity index (χ1v) is 9.11. The minimum atomic E-state index is -0.553. The van der Waals surface area contributed by atoms with E-state index >= 15 is 0 Å². The molecule has 0 spiro atoms. The molecule has 29 heavy (non-hydrogen) atoms. The van der Waals surface area contributed by atoms with Crippen LogP contribution in [0.15, 0.2) is 48.5 Å². The van der Waals surface area contributed by atoms with E-state index in [0.717, 1.165) is 5.56 Å². The summed E-state index contributed by atoms with van der Waals surface area (Å²) in [5.41, 5.74) is 1.24.